The van der Waals surface area contributed by atoms with Crippen molar-refractivity contribution in [2.75, 3.05) is 18.9 Å². The van der Waals surface area contributed by atoms with Crippen molar-refractivity contribution in [1.29, 1.82) is 0 Å². The highest BCUT2D eigenvalue weighted by atomic mass is 16.2. The van der Waals surface area contributed by atoms with Crippen molar-refractivity contribution in [3.8, 4) is 0 Å². The molecule has 0 atom stereocenters. The van der Waals surface area contributed by atoms with Gasteiger partial charge in [0.2, 0.25) is 0 Å². The lowest BCUT2D eigenvalue weighted by molar-refractivity contribution is 0.253. The molecule has 0 bridgehead atoms. The first-order valence-electron chi connectivity index (χ1n) is 5.16. The highest BCUT2D eigenvalue weighted by molar-refractivity contribution is 5.90. The molecule has 0 fully saturated rings. The van der Waals surface area contributed by atoms with Crippen LogP contribution < -0.4 is 16.0 Å². The molecule has 4 nitrogen and oxygen atoms in total. The Balaban J connectivity index is 2.64. The lowest BCUT2D eigenvalue weighted by atomic mass is 10.2. The fraction of sp³-hybridized carbons (Fsp3) is 0.250. The van der Waals surface area contributed by atoms with Crippen LogP contribution in [0.4, 0.5) is 10.5 Å². The molecule has 86 valence electrons. The molecule has 0 aliphatic heterocycles. The van der Waals surface area contributed by atoms with Gasteiger partial charge in [-0.3, -0.25) is 0 Å². The van der Waals surface area contributed by atoms with E-state index >= 15 is 0 Å². The molecule has 0 saturated heterocycles. The summed E-state index contributed by atoms with van der Waals surface area (Å²) in [5, 5.41) is 8.51. The molecule has 0 spiro atoms. The van der Waals surface area contributed by atoms with Crippen LogP contribution in [0, 0.1) is 0 Å². The highest BCUT2D eigenvalue weighted by Gasteiger charge is 2.04. The quantitative estimate of drug-likeness (QED) is 0.660. The third kappa shape index (κ3) is 3.74. The number of benzene rings is 1. The van der Waals surface area contributed by atoms with Gasteiger partial charge in [0.15, 0.2) is 0 Å². The number of hydrogen-bond acceptors (Lipinski definition) is 2. The van der Waals surface area contributed by atoms with Gasteiger partial charge in [0.25, 0.3) is 0 Å². The summed E-state index contributed by atoms with van der Waals surface area (Å²) in [5.74, 6) is 0. The van der Waals surface area contributed by atoms with Gasteiger partial charge in [-0.1, -0.05) is 24.3 Å². The molecule has 0 aliphatic rings. The zero-order chi connectivity index (χ0) is 11.8. The maximum atomic E-state index is 11.4. The minimum Gasteiger partial charge on any atom is -0.334 e. The number of hydrogen-bond donors (Lipinski definition) is 3. The molecule has 16 heavy (non-hydrogen) atoms. The standard InChI is InChI=1S/C12H17N3O/c1-3-8-14-12(16)15-11-7-5-4-6-10(11)9-13-2/h3-7,13H,1,8-9H2,2H3,(H2,14,15,16). The third-order valence-corrected chi connectivity index (χ3v) is 2.04. The van der Waals surface area contributed by atoms with Crippen LogP contribution in [0.5, 0.6) is 0 Å². The second kappa shape index (κ2) is 6.63. The number of carbonyl (C=O) groups is 1. The topological polar surface area (TPSA) is 53.2 Å². The van der Waals surface area contributed by atoms with Crippen molar-refractivity contribution in [2.45, 2.75) is 6.54 Å². The Hall–Kier alpha value is -1.81. The molecule has 0 unspecified atom stereocenters. The minimum atomic E-state index is -0.219. The van der Waals surface area contributed by atoms with Crippen molar-refractivity contribution >= 4 is 11.7 Å². The van der Waals surface area contributed by atoms with Gasteiger partial charge in [-0.15, -0.1) is 6.58 Å². The van der Waals surface area contributed by atoms with Crippen LogP contribution in [0.3, 0.4) is 0 Å². The molecular formula is C12H17N3O. The van der Waals surface area contributed by atoms with Crippen LogP contribution in [0.25, 0.3) is 0 Å². The summed E-state index contributed by atoms with van der Waals surface area (Å²) in [5.41, 5.74) is 1.87. The Morgan fingerprint density at radius 2 is 2.19 bits per heavy atom. The van der Waals surface area contributed by atoms with E-state index in [0.717, 1.165) is 17.8 Å². The molecule has 4 heteroatoms. The summed E-state index contributed by atoms with van der Waals surface area (Å²) < 4.78 is 0. The Bertz CT molecular complexity index is 363. The second-order valence-corrected chi connectivity index (χ2v) is 3.31. The third-order valence-electron chi connectivity index (χ3n) is 2.04. The molecule has 1 rings (SSSR count). The number of rotatable bonds is 5. The number of nitrogens with one attached hydrogen (secondary N) is 3. The molecule has 0 radical (unpaired) electrons. The summed E-state index contributed by atoms with van der Waals surface area (Å²) in [6.45, 7) is 4.71. The molecule has 1 aromatic rings. The second-order valence-electron chi connectivity index (χ2n) is 3.31. The van der Waals surface area contributed by atoms with Crippen LogP contribution in [0.1, 0.15) is 5.56 Å². The summed E-state index contributed by atoms with van der Waals surface area (Å²) in [7, 11) is 1.87. The highest BCUT2D eigenvalue weighted by Crippen LogP contribution is 2.14. The Labute approximate surface area is 95.7 Å². The maximum absolute atomic E-state index is 11.4. The van der Waals surface area contributed by atoms with Gasteiger partial charge in [0, 0.05) is 18.8 Å². The van der Waals surface area contributed by atoms with Gasteiger partial charge in [-0.2, -0.15) is 0 Å². The molecule has 0 saturated carbocycles. The van der Waals surface area contributed by atoms with Crippen LogP contribution in [0.2, 0.25) is 0 Å². The largest absolute Gasteiger partial charge is 0.334 e. The molecule has 0 aliphatic carbocycles. The summed E-state index contributed by atoms with van der Waals surface area (Å²) >= 11 is 0. The van der Waals surface area contributed by atoms with Crippen LogP contribution in [-0.2, 0) is 6.54 Å². The van der Waals surface area contributed by atoms with E-state index in [1.165, 1.54) is 0 Å². The fourth-order valence-corrected chi connectivity index (χ4v) is 1.32. The zero-order valence-electron chi connectivity index (χ0n) is 9.42. The minimum absolute atomic E-state index is 0.219. The van der Waals surface area contributed by atoms with E-state index in [-0.39, 0.29) is 6.03 Å². The maximum Gasteiger partial charge on any atom is 0.319 e. The van der Waals surface area contributed by atoms with E-state index in [0.29, 0.717) is 6.54 Å². The van der Waals surface area contributed by atoms with Crippen molar-refractivity contribution in [3.63, 3.8) is 0 Å². The first-order chi connectivity index (χ1) is 7.77. The zero-order valence-corrected chi connectivity index (χ0v) is 9.42. The van der Waals surface area contributed by atoms with Crippen molar-refractivity contribution in [2.24, 2.45) is 0 Å². The molecule has 0 heterocycles. The monoisotopic (exact) mass is 219 g/mol. The Kier molecular flexibility index (Phi) is 5.08. The van der Waals surface area contributed by atoms with Gasteiger partial charge in [0.1, 0.15) is 0 Å². The van der Waals surface area contributed by atoms with E-state index in [1.54, 1.807) is 6.08 Å². The summed E-state index contributed by atoms with van der Waals surface area (Å²) in [6, 6.07) is 7.46. The van der Waals surface area contributed by atoms with Crippen LogP contribution >= 0.6 is 0 Å². The molecule has 0 aromatic heterocycles. The van der Waals surface area contributed by atoms with Crippen LogP contribution in [0.15, 0.2) is 36.9 Å². The molecular weight excluding hydrogens is 202 g/mol. The normalized spacial score (nSPS) is 9.56. The van der Waals surface area contributed by atoms with E-state index in [2.05, 4.69) is 22.5 Å². The smallest absolute Gasteiger partial charge is 0.319 e. The average molecular weight is 219 g/mol. The van der Waals surface area contributed by atoms with Crippen molar-refractivity contribution in [1.82, 2.24) is 10.6 Å². The first kappa shape index (κ1) is 12.3. The van der Waals surface area contributed by atoms with Gasteiger partial charge < -0.3 is 16.0 Å². The number of anilines is 1. The van der Waals surface area contributed by atoms with Crippen LogP contribution in [-0.4, -0.2) is 19.6 Å². The van der Waals surface area contributed by atoms with Gasteiger partial charge in [0.05, 0.1) is 0 Å². The number of para-hydroxylation sites is 1. The van der Waals surface area contributed by atoms with Crippen molar-refractivity contribution < 1.29 is 4.79 Å². The number of urea groups is 1. The lowest BCUT2D eigenvalue weighted by Crippen LogP contribution is -2.29. The number of carbonyl (C=O) groups excluding carboxylic acids is 1. The lowest BCUT2D eigenvalue weighted by Gasteiger charge is -2.10. The predicted molar refractivity (Wildman–Crippen MR) is 66.4 cm³/mol. The number of amides is 2. The average Bonchev–Trinajstić information content (AvgIpc) is 2.29. The van der Waals surface area contributed by atoms with E-state index in [1.807, 2.05) is 31.3 Å². The van der Waals surface area contributed by atoms with Gasteiger partial charge in [-0.25, -0.2) is 4.79 Å². The Morgan fingerprint density at radius 3 is 2.88 bits per heavy atom. The molecule has 3 N–H and O–H groups in total. The summed E-state index contributed by atoms with van der Waals surface area (Å²) in [4.78, 5) is 11.4. The molecule has 2 amide bonds. The van der Waals surface area contributed by atoms with E-state index in [4.69, 9.17) is 0 Å². The van der Waals surface area contributed by atoms with Gasteiger partial charge in [-0.05, 0) is 18.7 Å². The Morgan fingerprint density at radius 1 is 1.44 bits per heavy atom. The van der Waals surface area contributed by atoms with Crippen molar-refractivity contribution in [3.05, 3.63) is 42.5 Å². The van der Waals surface area contributed by atoms with E-state index < -0.39 is 0 Å². The van der Waals surface area contributed by atoms with Gasteiger partial charge >= 0.3 is 6.03 Å². The SMILES string of the molecule is C=CCNC(=O)Nc1ccccc1CNC. The fourth-order valence-electron chi connectivity index (χ4n) is 1.32. The first-order valence-corrected chi connectivity index (χ1v) is 5.16. The summed E-state index contributed by atoms with van der Waals surface area (Å²) in [6.07, 6.45) is 1.64. The molecule has 1 aromatic carbocycles. The predicted octanol–water partition coefficient (Wildman–Crippen LogP) is 1.71. The van der Waals surface area contributed by atoms with E-state index in [9.17, 15) is 4.79 Å².